The lowest BCUT2D eigenvalue weighted by Gasteiger charge is -2.31. The lowest BCUT2D eigenvalue weighted by atomic mass is 9.93. The van der Waals surface area contributed by atoms with Gasteiger partial charge in [0.25, 0.3) is 5.95 Å². The minimum Gasteiger partial charge on any atom is -0.550 e. The van der Waals surface area contributed by atoms with Gasteiger partial charge in [-0.25, -0.2) is 9.07 Å². The van der Waals surface area contributed by atoms with E-state index in [0.29, 0.717) is 12.4 Å². The van der Waals surface area contributed by atoms with Crippen molar-refractivity contribution in [1.82, 2.24) is 14.8 Å². The van der Waals surface area contributed by atoms with Gasteiger partial charge in [-0.05, 0) is 54.7 Å². The Hall–Kier alpha value is -3.95. The molecule has 1 aliphatic rings. The molecule has 1 aromatic heterocycles. The average molecular weight is 452 g/mol. The Labute approximate surface area is 189 Å². The molecular formula is C23H23FN5O4-. The van der Waals surface area contributed by atoms with Crippen molar-refractivity contribution in [1.29, 1.82) is 0 Å². The molecule has 33 heavy (non-hydrogen) atoms. The number of ether oxygens (including phenoxy) is 1. The number of benzene rings is 2. The normalized spacial score (nSPS) is 17.0. The molecule has 0 spiro atoms. The summed E-state index contributed by atoms with van der Waals surface area (Å²) in [6, 6.07) is 13.5. The molecule has 2 aromatic carbocycles. The van der Waals surface area contributed by atoms with Crippen molar-refractivity contribution in [2.45, 2.75) is 37.8 Å². The molecule has 0 saturated heterocycles. The van der Waals surface area contributed by atoms with Crippen molar-refractivity contribution in [3.05, 3.63) is 65.5 Å². The first-order chi connectivity index (χ1) is 15.9. The van der Waals surface area contributed by atoms with Gasteiger partial charge in [-0.2, -0.15) is 4.98 Å². The number of nitrogens with zero attached hydrogens (tertiary/aromatic N) is 3. The molecule has 0 aliphatic carbocycles. The van der Waals surface area contributed by atoms with E-state index in [2.05, 4.69) is 20.7 Å². The highest BCUT2D eigenvalue weighted by Crippen LogP contribution is 2.38. The number of halogens is 1. The van der Waals surface area contributed by atoms with Crippen LogP contribution in [0.3, 0.4) is 0 Å². The van der Waals surface area contributed by atoms with Gasteiger partial charge >= 0.3 is 0 Å². The molecule has 0 radical (unpaired) electrons. The van der Waals surface area contributed by atoms with E-state index in [9.17, 15) is 19.1 Å². The zero-order valence-electron chi connectivity index (χ0n) is 18.0. The van der Waals surface area contributed by atoms with Crippen LogP contribution in [-0.2, 0) is 9.59 Å². The lowest BCUT2D eigenvalue weighted by Crippen LogP contribution is -2.28. The third-order valence-electron chi connectivity index (χ3n) is 5.50. The Morgan fingerprint density at radius 3 is 2.52 bits per heavy atom. The number of hydrogen-bond donors (Lipinski definition) is 2. The van der Waals surface area contributed by atoms with E-state index in [4.69, 9.17) is 4.74 Å². The summed E-state index contributed by atoms with van der Waals surface area (Å²) in [7, 11) is 1.61. The number of carboxylic acids is 1. The first kappa shape index (κ1) is 22.3. The predicted molar refractivity (Wildman–Crippen MR) is 116 cm³/mol. The van der Waals surface area contributed by atoms with Crippen molar-refractivity contribution in [2.24, 2.45) is 0 Å². The minimum absolute atomic E-state index is 0.0150. The average Bonchev–Trinajstić information content (AvgIpc) is 3.21. The summed E-state index contributed by atoms with van der Waals surface area (Å²) < 4.78 is 20.4. The highest BCUT2D eigenvalue weighted by molar-refractivity contribution is 5.89. The zero-order chi connectivity index (χ0) is 23.4. The summed E-state index contributed by atoms with van der Waals surface area (Å²) in [5, 5.41) is 20.9. The van der Waals surface area contributed by atoms with Gasteiger partial charge < -0.3 is 20.0 Å². The van der Waals surface area contributed by atoms with Gasteiger partial charge in [-0.3, -0.25) is 10.1 Å². The second kappa shape index (κ2) is 9.68. The molecule has 0 saturated carbocycles. The highest BCUT2D eigenvalue weighted by Gasteiger charge is 2.31. The van der Waals surface area contributed by atoms with Gasteiger partial charge in [0.2, 0.25) is 11.9 Å². The van der Waals surface area contributed by atoms with Crippen molar-refractivity contribution in [3.8, 4) is 5.75 Å². The number of aliphatic carboxylic acids is 1. The largest absolute Gasteiger partial charge is 0.550 e. The Kier molecular flexibility index (Phi) is 6.53. The number of aromatic nitrogens is 3. The maximum absolute atomic E-state index is 13.5. The van der Waals surface area contributed by atoms with Crippen molar-refractivity contribution >= 4 is 23.8 Å². The van der Waals surface area contributed by atoms with Crippen molar-refractivity contribution < 1.29 is 23.8 Å². The highest BCUT2D eigenvalue weighted by atomic mass is 19.1. The van der Waals surface area contributed by atoms with Crippen LogP contribution < -0.4 is 20.5 Å². The zero-order valence-corrected chi connectivity index (χ0v) is 18.0. The number of methoxy groups -OCH3 is 1. The monoisotopic (exact) mass is 452 g/mol. The third-order valence-corrected chi connectivity index (χ3v) is 5.50. The number of rotatable bonds is 8. The summed E-state index contributed by atoms with van der Waals surface area (Å²) in [6.07, 6.45) is 0.602. The number of carbonyl (C=O) groups excluding carboxylic acids is 2. The van der Waals surface area contributed by atoms with Gasteiger partial charge in [0, 0.05) is 12.4 Å². The topological polar surface area (TPSA) is 121 Å². The number of fused-ring (bicyclic) bond motifs is 1. The maximum atomic E-state index is 13.5. The van der Waals surface area contributed by atoms with Crippen LogP contribution in [0.2, 0.25) is 0 Å². The first-order valence-electron chi connectivity index (χ1n) is 10.5. The van der Waals surface area contributed by atoms with Gasteiger partial charge in [0.15, 0.2) is 0 Å². The van der Waals surface area contributed by atoms with Crippen LogP contribution in [0.25, 0.3) is 0 Å². The van der Waals surface area contributed by atoms with Crippen LogP contribution in [0.15, 0.2) is 48.5 Å². The first-order valence-corrected chi connectivity index (χ1v) is 10.5. The maximum Gasteiger partial charge on any atom is 0.250 e. The molecule has 1 aliphatic heterocycles. The molecule has 9 nitrogen and oxygen atoms in total. The summed E-state index contributed by atoms with van der Waals surface area (Å²) >= 11 is 0. The molecule has 0 bridgehead atoms. The van der Waals surface area contributed by atoms with E-state index < -0.39 is 5.97 Å². The fraction of sp³-hybridized carbons (Fsp3) is 0.304. The number of amides is 1. The summed E-state index contributed by atoms with van der Waals surface area (Å²) in [5.74, 6) is -0.599. The molecule has 10 heteroatoms. The van der Waals surface area contributed by atoms with Gasteiger partial charge in [0.05, 0.1) is 19.2 Å². The molecule has 2 N–H and O–H groups in total. The third kappa shape index (κ3) is 5.28. The van der Waals surface area contributed by atoms with Gasteiger partial charge in [0.1, 0.15) is 11.6 Å². The standard InChI is InChI=1S/C23H24FN5O4/c1-33-17-11-7-14(8-12-17)18-13-19(15-5-9-16(24)10-6-15)29-23(25-18)27-22(28-29)26-20(30)3-2-4-21(31)32/h5-12,18-19H,2-4,13H2,1H3,(H,31,32)(H2,25,26,27,28,30)/p-1/t18-,19+/m1/s1. The molecule has 2 heterocycles. The fourth-order valence-corrected chi connectivity index (χ4v) is 3.83. The summed E-state index contributed by atoms with van der Waals surface area (Å²) in [6.45, 7) is 0. The van der Waals surface area contributed by atoms with Gasteiger partial charge in [-0.1, -0.05) is 24.3 Å². The van der Waals surface area contributed by atoms with Crippen LogP contribution in [0.4, 0.5) is 16.3 Å². The Morgan fingerprint density at radius 2 is 1.85 bits per heavy atom. The molecular weight excluding hydrogens is 429 g/mol. The molecule has 4 rings (SSSR count). The molecule has 0 fully saturated rings. The predicted octanol–water partition coefficient (Wildman–Crippen LogP) is 2.43. The molecule has 172 valence electrons. The minimum atomic E-state index is -1.20. The van der Waals surface area contributed by atoms with E-state index in [0.717, 1.165) is 16.9 Å². The summed E-state index contributed by atoms with van der Waals surface area (Å²) in [5.41, 5.74) is 1.87. The van der Waals surface area contributed by atoms with E-state index in [-0.39, 0.29) is 49.0 Å². The molecule has 3 aromatic rings. The molecule has 2 atom stereocenters. The quantitative estimate of drug-likeness (QED) is 0.538. The van der Waals surface area contributed by atoms with E-state index in [1.165, 1.54) is 12.1 Å². The van der Waals surface area contributed by atoms with E-state index >= 15 is 0 Å². The lowest BCUT2D eigenvalue weighted by molar-refractivity contribution is -0.305. The number of nitrogens with one attached hydrogen (secondary N) is 2. The Morgan fingerprint density at radius 1 is 1.15 bits per heavy atom. The second-order valence-electron chi connectivity index (χ2n) is 7.75. The number of hydrogen-bond acceptors (Lipinski definition) is 7. The smallest absolute Gasteiger partial charge is 0.250 e. The Bertz CT molecular complexity index is 1130. The van der Waals surface area contributed by atoms with Crippen molar-refractivity contribution in [2.75, 3.05) is 17.7 Å². The van der Waals surface area contributed by atoms with Crippen LogP contribution >= 0.6 is 0 Å². The van der Waals surface area contributed by atoms with Crippen LogP contribution in [0, 0.1) is 5.82 Å². The SMILES string of the molecule is COc1ccc([C@H]2C[C@@H](c3ccc(F)cc3)n3nc(NC(=O)CCCC(=O)[O-])nc3N2)cc1. The van der Waals surface area contributed by atoms with Gasteiger partial charge in [-0.15, -0.1) is 5.10 Å². The second-order valence-corrected chi connectivity index (χ2v) is 7.75. The molecule has 0 unspecified atom stereocenters. The van der Waals surface area contributed by atoms with Crippen LogP contribution in [-0.4, -0.2) is 33.8 Å². The van der Waals surface area contributed by atoms with Crippen molar-refractivity contribution in [3.63, 3.8) is 0 Å². The van der Waals surface area contributed by atoms with Crippen LogP contribution in [0.5, 0.6) is 5.75 Å². The Balaban J connectivity index is 1.59. The summed E-state index contributed by atoms with van der Waals surface area (Å²) in [4.78, 5) is 27.1. The number of anilines is 2. The number of carboxylic acid groups (broad SMARTS) is 1. The molecule has 1 amide bonds. The number of carbonyl (C=O) groups is 2. The van der Waals surface area contributed by atoms with E-state index in [1.54, 1.807) is 23.9 Å². The van der Waals surface area contributed by atoms with E-state index in [1.807, 2.05) is 24.3 Å². The fourth-order valence-electron chi connectivity index (χ4n) is 3.83. The van der Waals surface area contributed by atoms with Crippen LogP contribution in [0.1, 0.15) is 48.9 Å².